The van der Waals surface area contributed by atoms with E-state index in [-0.39, 0.29) is 6.61 Å². The number of rotatable bonds is 2. The highest BCUT2D eigenvalue weighted by Gasteiger charge is 2.01. The van der Waals surface area contributed by atoms with Crippen LogP contribution in [0.3, 0.4) is 0 Å². The van der Waals surface area contributed by atoms with E-state index in [1.54, 1.807) is 6.07 Å². The molecule has 0 aromatic heterocycles. The van der Waals surface area contributed by atoms with Crippen LogP contribution in [0, 0.1) is 14.9 Å². The van der Waals surface area contributed by atoms with Crippen molar-refractivity contribution in [3.05, 3.63) is 21.8 Å². The lowest BCUT2D eigenvalue weighted by Gasteiger charge is -2.05. The van der Waals surface area contributed by atoms with Crippen LogP contribution >= 0.6 is 35.2 Å². The lowest BCUT2D eigenvalue weighted by Crippen LogP contribution is -1.94. The fourth-order valence-electron chi connectivity index (χ4n) is 0.722. The third kappa shape index (κ3) is 2.29. The molecule has 1 aromatic carbocycles. The third-order valence-electron chi connectivity index (χ3n) is 1.24. The maximum atomic E-state index is 8.29. The Morgan fingerprint density at radius 3 is 3.00 bits per heavy atom. The minimum absolute atomic E-state index is 0.0631. The summed E-state index contributed by atoms with van der Waals surface area (Å²) in [6.07, 6.45) is 0. The van der Waals surface area contributed by atoms with Crippen LogP contribution in [0.4, 0.5) is 0 Å². The monoisotopic (exact) mass is 291 g/mol. The second-order valence-corrected chi connectivity index (χ2v) is 3.64. The Labute approximate surface area is 90.1 Å². The minimum atomic E-state index is 0.0631. The van der Waals surface area contributed by atoms with Crippen molar-refractivity contribution in [2.45, 2.75) is 4.90 Å². The Kier molecular flexibility index (Phi) is 3.69. The molecule has 12 heavy (non-hydrogen) atoms. The summed E-state index contributed by atoms with van der Waals surface area (Å²) in [6.45, 7) is 0.0631. The van der Waals surface area contributed by atoms with Gasteiger partial charge in [0.05, 0.1) is 4.90 Å². The van der Waals surface area contributed by atoms with Crippen LogP contribution in [0.1, 0.15) is 0 Å². The van der Waals surface area contributed by atoms with E-state index in [4.69, 9.17) is 10.00 Å². The van der Waals surface area contributed by atoms with Crippen molar-refractivity contribution in [2.75, 3.05) is 6.61 Å². The molecule has 0 atom stereocenters. The molecule has 0 heterocycles. The molecule has 0 bridgehead atoms. The predicted molar refractivity (Wildman–Crippen MR) is 57.5 cm³/mol. The molecule has 0 N–H and O–H groups in total. The molecule has 2 nitrogen and oxygen atoms in total. The normalized spacial score (nSPS) is 9.08. The largest absolute Gasteiger partial charge is 0.478 e. The average molecular weight is 291 g/mol. The van der Waals surface area contributed by atoms with Gasteiger partial charge in [0.2, 0.25) is 0 Å². The zero-order valence-electron chi connectivity index (χ0n) is 6.12. The zero-order valence-corrected chi connectivity index (χ0v) is 9.17. The van der Waals surface area contributed by atoms with Gasteiger partial charge in [-0.15, -0.1) is 12.6 Å². The molecular formula is C8H6INOS. The molecule has 62 valence electrons. The number of nitrogens with zero attached hydrogens (tertiary/aromatic N) is 1. The number of benzene rings is 1. The van der Waals surface area contributed by atoms with E-state index in [1.165, 1.54) is 0 Å². The predicted octanol–water partition coefficient (Wildman–Crippen LogP) is 2.48. The molecule has 4 heteroatoms. The average Bonchev–Trinajstić information content (AvgIpc) is 2.08. The summed E-state index contributed by atoms with van der Waals surface area (Å²) >= 11 is 6.40. The molecule has 0 unspecified atom stereocenters. The van der Waals surface area contributed by atoms with Crippen molar-refractivity contribution in [1.29, 1.82) is 5.26 Å². The van der Waals surface area contributed by atoms with Gasteiger partial charge in [-0.1, -0.05) is 6.07 Å². The Hall–Kier alpha value is -0.410. The lowest BCUT2D eigenvalue weighted by atomic mass is 10.3. The minimum Gasteiger partial charge on any atom is -0.478 e. The summed E-state index contributed by atoms with van der Waals surface area (Å²) in [7, 11) is 0. The van der Waals surface area contributed by atoms with E-state index in [0.29, 0.717) is 5.75 Å². The van der Waals surface area contributed by atoms with Gasteiger partial charge >= 0.3 is 0 Å². The Balaban J connectivity index is 2.86. The highest BCUT2D eigenvalue weighted by atomic mass is 127. The molecule has 0 spiro atoms. The maximum Gasteiger partial charge on any atom is 0.174 e. The standard InChI is InChI=1S/C8H6INOS/c9-6-2-1-3-7(8(6)12)11-5-4-10/h1-3,12H,5H2. The molecule has 0 saturated carbocycles. The molecule has 0 fully saturated rings. The van der Waals surface area contributed by atoms with Gasteiger partial charge in [0.25, 0.3) is 0 Å². The van der Waals surface area contributed by atoms with E-state index >= 15 is 0 Å². The fraction of sp³-hybridized carbons (Fsp3) is 0.125. The van der Waals surface area contributed by atoms with Crippen LogP contribution in [-0.2, 0) is 0 Å². The topological polar surface area (TPSA) is 33.0 Å². The maximum absolute atomic E-state index is 8.29. The Morgan fingerprint density at radius 1 is 1.58 bits per heavy atom. The van der Waals surface area contributed by atoms with Crippen LogP contribution in [0.25, 0.3) is 0 Å². The molecule has 0 radical (unpaired) electrons. The van der Waals surface area contributed by atoms with Crippen LogP contribution < -0.4 is 4.74 Å². The lowest BCUT2D eigenvalue weighted by molar-refractivity contribution is 0.359. The smallest absolute Gasteiger partial charge is 0.174 e. The number of hydrogen-bond acceptors (Lipinski definition) is 3. The van der Waals surface area contributed by atoms with E-state index in [9.17, 15) is 0 Å². The summed E-state index contributed by atoms with van der Waals surface area (Å²) < 4.78 is 6.14. The second kappa shape index (κ2) is 4.58. The molecule has 0 amide bonds. The number of thiol groups is 1. The summed E-state index contributed by atoms with van der Waals surface area (Å²) in [5.74, 6) is 0.659. The van der Waals surface area contributed by atoms with Crippen molar-refractivity contribution in [1.82, 2.24) is 0 Å². The van der Waals surface area contributed by atoms with Crippen LogP contribution in [0.15, 0.2) is 23.1 Å². The molecule has 1 rings (SSSR count). The van der Waals surface area contributed by atoms with Gasteiger partial charge in [0, 0.05) is 3.57 Å². The molecule has 0 aliphatic heterocycles. The van der Waals surface area contributed by atoms with Crippen molar-refractivity contribution in [2.24, 2.45) is 0 Å². The van der Waals surface area contributed by atoms with Crippen LogP contribution in [-0.4, -0.2) is 6.61 Å². The quantitative estimate of drug-likeness (QED) is 0.671. The zero-order chi connectivity index (χ0) is 8.97. The first kappa shape index (κ1) is 9.68. The van der Waals surface area contributed by atoms with Gasteiger partial charge in [-0.05, 0) is 34.7 Å². The van der Waals surface area contributed by atoms with E-state index in [0.717, 1.165) is 8.47 Å². The van der Waals surface area contributed by atoms with Crippen molar-refractivity contribution in [3.8, 4) is 11.8 Å². The molecule has 1 aromatic rings. The molecule has 0 aliphatic rings. The highest BCUT2D eigenvalue weighted by Crippen LogP contribution is 2.26. The summed E-state index contributed by atoms with van der Waals surface area (Å²) in [4.78, 5) is 0.786. The molecular weight excluding hydrogens is 285 g/mol. The van der Waals surface area contributed by atoms with Gasteiger partial charge in [-0.2, -0.15) is 5.26 Å². The van der Waals surface area contributed by atoms with Crippen molar-refractivity contribution < 1.29 is 4.74 Å². The Bertz CT molecular complexity index is 321. The first-order chi connectivity index (χ1) is 5.75. The third-order valence-corrected chi connectivity index (χ3v) is 3.03. The van der Waals surface area contributed by atoms with E-state index in [1.807, 2.05) is 18.2 Å². The highest BCUT2D eigenvalue weighted by molar-refractivity contribution is 14.1. The SMILES string of the molecule is N#CCOc1cccc(I)c1S. The van der Waals surface area contributed by atoms with Gasteiger partial charge in [0.1, 0.15) is 11.8 Å². The van der Waals surface area contributed by atoms with Crippen molar-refractivity contribution in [3.63, 3.8) is 0 Å². The van der Waals surface area contributed by atoms with Gasteiger partial charge < -0.3 is 4.74 Å². The molecule has 0 saturated heterocycles. The van der Waals surface area contributed by atoms with Gasteiger partial charge in [-0.3, -0.25) is 0 Å². The van der Waals surface area contributed by atoms with Gasteiger partial charge in [-0.25, -0.2) is 0 Å². The molecule has 0 aliphatic carbocycles. The summed E-state index contributed by atoms with van der Waals surface area (Å²) in [6, 6.07) is 7.50. The van der Waals surface area contributed by atoms with Gasteiger partial charge in [0.15, 0.2) is 6.61 Å². The number of halogens is 1. The Morgan fingerprint density at radius 2 is 2.33 bits per heavy atom. The van der Waals surface area contributed by atoms with Crippen LogP contribution in [0.2, 0.25) is 0 Å². The second-order valence-electron chi connectivity index (χ2n) is 2.03. The number of nitriles is 1. The number of ether oxygens (including phenoxy) is 1. The summed E-state index contributed by atoms with van der Waals surface area (Å²) in [5, 5.41) is 8.29. The number of hydrogen-bond donors (Lipinski definition) is 1. The fourth-order valence-corrected chi connectivity index (χ4v) is 1.41. The van der Waals surface area contributed by atoms with Crippen molar-refractivity contribution >= 4 is 35.2 Å². The van der Waals surface area contributed by atoms with Crippen LogP contribution in [0.5, 0.6) is 5.75 Å². The first-order valence-electron chi connectivity index (χ1n) is 3.23. The van der Waals surface area contributed by atoms with E-state index < -0.39 is 0 Å². The van der Waals surface area contributed by atoms with E-state index in [2.05, 4.69) is 35.2 Å². The first-order valence-corrected chi connectivity index (χ1v) is 4.75. The summed E-state index contributed by atoms with van der Waals surface area (Å²) in [5.41, 5.74) is 0.